The van der Waals surface area contributed by atoms with Crippen LogP contribution >= 0.6 is 11.3 Å². The predicted octanol–water partition coefficient (Wildman–Crippen LogP) is 6.98. The monoisotopic (exact) mass is 643 g/mol. The van der Waals surface area contributed by atoms with Crippen molar-refractivity contribution in [2.75, 3.05) is 12.4 Å². The van der Waals surface area contributed by atoms with E-state index in [1.54, 1.807) is 24.4 Å². The molecule has 2 aromatic carbocycles. The van der Waals surface area contributed by atoms with Crippen LogP contribution in [0.1, 0.15) is 59.3 Å². The molecule has 2 unspecified atom stereocenters. The van der Waals surface area contributed by atoms with Crippen LogP contribution in [0.4, 0.5) is 23.2 Å². The fraction of sp³-hybridized carbons (Fsp3) is 0.424. The van der Waals surface area contributed by atoms with Gasteiger partial charge in [-0.15, -0.1) is 11.3 Å². The number of nitrogens with zero attached hydrogens (tertiary/aromatic N) is 1. The van der Waals surface area contributed by atoms with Crippen molar-refractivity contribution in [1.82, 2.24) is 10.3 Å². The summed E-state index contributed by atoms with van der Waals surface area (Å²) in [5.74, 6) is -2.69. The van der Waals surface area contributed by atoms with Gasteiger partial charge in [0.2, 0.25) is 5.91 Å². The number of nitrogens with one attached hydrogen (secondary N) is 2. The van der Waals surface area contributed by atoms with Gasteiger partial charge >= 0.3 is 6.18 Å². The van der Waals surface area contributed by atoms with Crippen molar-refractivity contribution >= 4 is 28.8 Å². The van der Waals surface area contributed by atoms with Gasteiger partial charge in [0, 0.05) is 29.4 Å². The lowest BCUT2D eigenvalue weighted by Crippen LogP contribution is -2.48. The summed E-state index contributed by atoms with van der Waals surface area (Å²) in [5, 5.41) is 15.8. The zero-order chi connectivity index (χ0) is 31.9. The van der Waals surface area contributed by atoms with Crippen molar-refractivity contribution < 1.29 is 37.0 Å². The molecule has 4 atom stereocenters. The van der Waals surface area contributed by atoms with Gasteiger partial charge in [0.15, 0.2) is 0 Å². The first kappa shape index (κ1) is 31.2. The number of allylic oxidation sites excluding steroid dienone is 1. The lowest BCUT2D eigenvalue weighted by atomic mass is 9.83. The number of aliphatic hydroxyl groups excluding tert-OH is 1. The molecule has 0 radical (unpaired) electrons. The Labute approximate surface area is 261 Å². The van der Waals surface area contributed by atoms with E-state index in [1.165, 1.54) is 18.4 Å². The Bertz CT molecular complexity index is 1630. The summed E-state index contributed by atoms with van der Waals surface area (Å²) in [5.41, 5.74) is 0.405. The predicted molar refractivity (Wildman–Crippen MR) is 161 cm³/mol. The molecule has 0 aliphatic heterocycles. The maximum Gasteiger partial charge on any atom is 0.419 e. The smallest absolute Gasteiger partial charge is 0.419 e. The lowest BCUT2D eigenvalue weighted by Gasteiger charge is -2.30. The number of rotatable bonds is 8. The van der Waals surface area contributed by atoms with E-state index in [0.717, 1.165) is 50.2 Å². The Morgan fingerprint density at radius 2 is 1.84 bits per heavy atom. The van der Waals surface area contributed by atoms with Crippen molar-refractivity contribution in [2.45, 2.75) is 57.3 Å². The van der Waals surface area contributed by atoms with Crippen molar-refractivity contribution in [3.63, 3.8) is 0 Å². The van der Waals surface area contributed by atoms with Gasteiger partial charge < -0.3 is 20.5 Å². The van der Waals surface area contributed by atoms with Crippen LogP contribution in [0.3, 0.4) is 0 Å². The number of aromatic nitrogens is 1. The zero-order valence-electron chi connectivity index (χ0n) is 24.5. The molecule has 0 saturated heterocycles. The standard InChI is InChI=1S/C33H33F4N3O4S/c1-44-27-11-6-18(32-38-15-20(16-41)45-32)13-24(27)30(42)40-29-22-9-8-21(23(22)12-17-4-2-3-5-17)28(29)31(43)39-19-7-10-26(34)25(14-19)33(35,36)37/h6-7,10-15,17,21-22,28-29,41H,2-5,8-9,16H2,1H3,(H,39,43)(H,40,42)/b23-12-/t21?,22?,28-,29+/m0/s1. The summed E-state index contributed by atoms with van der Waals surface area (Å²) in [4.78, 5) is 32.8. The van der Waals surface area contributed by atoms with E-state index in [0.29, 0.717) is 39.2 Å². The quantitative estimate of drug-likeness (QED) is 0.182. The minimum Gasteiger partial charge on any atom is -0.496 e. The van der Waals surface area contributed by atoms with Crippen molar-refractivity contribution in [1.29, 1.82) is 0 Å². The second kappa shape index (κ2) is 12.6. The maximum atomic E-state index is 13.9. The summed E-state index contributed by atoms with van der Waals surface area (Å²) in [7, 11) is 1.45. The molecular formula is C33H33F4N3O4S. The van der Waals surface area contributed by atoms with Crippen LogP contribution in [-0.2, 0) is 17.6 Å². The Kier molecular flexibility index (Phi) is 8.71. The molecule has 2 amide bonds. The first-order valence-electron chi connectivity index (χ1n) is 15.0. The maximum absolute atomic E-state index is 13.9. The molecule has 238 valence electrons. The molecule has 1 heterocycles. The van der Waals surface area contributed by atoms with Gasteiger partial charge in [-0.05, 0) is 73.9 Å². The normalized spacial score (nSPS) is 23.9. The third kappa shape index (κ3) is 6.22. The average Bonchev–Trinajstić information content (AvgIpc) is 3.83. The first-order valence-corrected chi connectivity index (χ1v) is 15.8. The summed E-state index contributed by atoms with van der Waals surface area (Å²) < 4.78 is 59.6. The number of thiazole rings is 1. The van der Waals surface area contributed by atoms with Crippen molar-refractivity contribution in [3.05, 3.63) is 76.1 Å². The van der Waals surface area contributed by atoms with E-state index in [-0.39, 0.29) is 29.7 Å². The number of amides is 2. The Balaban J connectivity index is 1.31. The minimum atomic E-state index is -4.92. The molecule has 3 aliphatic rings. The number of halogens is 4. The molecule has 0 spiro atoms. The third-order valence-electron chi connectivity index (χ3n) is 9.27. The average molecular weight is 644 g/mol. The molecule has 2 bridgehead atoms. The highest BCUT2D eigenvalue weighted by atomic mass is 32.1. The van der Waals surface area contributed by atoms with Gasteiger partial charge in [0.05, 0.1) is 35.6 Å². The highest BCUT2D eigenvalue weighted by Gasteiger charge is 2.55. The molecule has 3 saturated carbocycles. The number of fused-ring (bicyclic) bond motifs is 2. The van der Waals surface area contributed by atoms with Crippen LogP contribution < -0.4 is 15.4 Å². The van der Waals surface area contributed by atoms with Gasteiger partial charge in [0.1, 0.15) is 16.6 Å². The van der Waals surface area contributed by atoms with E-state index in [9.17, 15) is 32.3 Å². The molecule has 12 heteroatoms. The number of carbonyl (C=O) groups is 2. The fourth-order valence-electron chi connectivity index (χ4n) is 7.23. The summed E-state index contributed by atoms with van der Waals surface area (Å²) in [6, 6.07) is 6.87. The van der Waals surface area contributed by atoms with Gasteiger partial charge in [-0.1, -0.05) is 24.5 Å². The Hall–Kier alpha value is -3.77. The van der Waals surface area contributed by atoms with Crippen LogP contribution in [0.25, 0.3) is 10.6 Å². The van der Waals surface area contributed by atoms with Gasteiger partial charge in [0.25, 0.3) is 5.91 Å². The fourth-order valence-corrected chi connectivity index (χ4v) is 8.00. The number of hydrogen-bond acceptors (Lipinski definition) is 6. The molecule has 7 nitrogen and oxygen atoms in total. The van der Waals surface area contributed by atoms with Crippen molar-refractivity contribution in [3.8, 4) is 16.3 Å². The number of hydrogen-bond donors (Lipinski definition) is 3. The zero-order valence-corrected chi connectivity index (χ0v) is 25.3. The molecule has 45 heavy (non-hydrogen) atoms. The molecule has 3 N–H and O–H groups in total. The third-order valence-corrected chi connectivity index (χ3v) is 10.3. The van der Waals surface area contributed by atoms with E-state index < -0.39 is 41.3 Å². The second-order valence-corrected chi connectivity index (χ2v) is 13.0. The lowest BCUT2D eigenvalue weighted by molar-refractivity contribution is -0.140. The molecule has 3 aromatic rings. The summed E-state index contributed by atoms with van der Waals surface area (Å²) in [6.07, 6.45) is 4.80. The molecule has 6 rings (SSSR count). The Morgan fingerprint density at radius 3 is 2.53 bits per heavy atom. The largest absolute Gasteiger partial charge is 0.496 e. The molecular weight excluding hydrogens is 610 g/mol. The van der Waals surface area contributed by atoms with Crippen LogP contribution in [0.15, 0.2) is 54.2 Å². The van der Waals surface area contributed by atoms with Crippen LogP contribution in [-0.4, -0.2) is 35.1 Å². The van der Waals surface area contributed by atoms with Crippen molar-refractivity contribution in [2.24, 2.45) is 23.7 Å². The van der Waals surface area contributed by atoms with Gasteiger partial charge in [-0.2, -0.15) is 13.2 Å². The second-order valence-electron chi connectivity index (χ2n) is 11.9. The highest BCUT2D eigenvalue weighted by molar-refractivity contribution is 7.15. The van der Waals surface area contributed by atoms with Gasteiger partial charge in [-0.3, -0.25) is 9.59 Å². The number of anilines is 1. The first-order chi connectivity index (χ1) is 21.6. The summed E-state index contributed by atoms with van der Waals surface area (Å²) >= 11 is 1.30. The molecule has 3 aliphatic carbocycles. The van der Waals surface area contributed by atoms with Crippen LogP contribution in [0, 0.1) is 29.5 Å². The number of alkyl halides is 3. The highest BCUT2D eigenvalue weighted by Crippen LogP contribution is 2.54. The van der Waals surface area contributed by atoms with Crippen LogP contribution in [0.2, 0.25) is 0 Å². The number of ether oxygens (including phenoxy) is 1. The van der Waals surface area contributed by atoms with Gasteiger partial charge in [-0.25, -0.2) is 9.37 Å². The molecule has 1 aromatic heterocycles. The SMILES string of the molecule is COc1ccc(-c2ncc(CO)s2)cc1C(=O)N[C@@H]1C2CCC(/C2=C/C2CCCC2)[C@@H]1C(=O)Nc1ccc(F)c(C(F)(F)F)c1. The number of benzene rings is 2. The van der Waals surface area contributed by atoms with E-state index in [2.05, 4.69) is 21.7 Å². The van der Waals surface area contributed by atoms with E-state index >= 15 is 0 Å². The minimum absolute atomic E-state index is 0.102. The Morgan fingerprint density at radius 1 is 1.09 bits per heavy atom. The molecule has 3 fully saturated rings. The van der Waals surface area contributed by atoms with E-state index in [4.69, 9.17) is 4.74 Å². The van der Waals surface area contributed by atoms with E-state index in [1.807, 2.05) is 0 Å². The topological polar surface area (TPSA) is 101 Å². The number of aliphatic hydroxyl groups is 1. The number of carbonyl (C=O) groups excluding carboxylic acids is 2. The number of methoxy groups -OCH3 is 1. The van der Waals surface area contributed by atoms with Crippen LogP contribution in [0.5, 0.6) is 5.75 Å². The summed E-state index contributed by atoms with van der Waals surface area (Å²) in [6.45, 7) is -0.152.